The molecule has 10 heteroatoms. The molecule has 0 aromatic heterocycles. The van der Waals surface area contributed by atoms with Crippen LogP contribution in [0.15, 0.2) is 24.3 Å². The van der Waals surface area contributed by atoms with E-state index in [1.54, 1.807) is 12.1 Å². The largest absolute Gasteiger partial charge is 0.394 e. The van der Waals surface area contributed by atoms with Crippen LogP contribution in [0.25, 0.3) is 0 Å². The number of benzene rings is 1. The van der Waals surface area contributed by atoms with Gasteiger partial charge in [0.05, 0.1) is 18.1 Å². The number of hydrogen-bond acceptors (Lipinski definition) is 7. The molecule has 3 amide bonds. The van der Waals surface area contributed by atoms with Gasteiger partial charge in [-0.05, 0) is 50.0 Å². The Morgan fingerprint density at radius 1 is 1.22 bits per heavy atom. The molecule has 10 nitrogen and oxygen atoms in total. The maximum Gasteiger partial charge on any atom is 0.268 e. The summed E-state index contributed by atoms with van der Waals surface area (Å²) >= 11 is 0. The van der Waals surface area contributed by atoms with Crippen molar-refractivity contribution in [2.45, 2.75) is 31.5 Å². The molecule has 1 unspecified atom stereocenters. The predicted octanol–water partition coefficient (Wildman–Crippen LogP) is -1.81. The number of rotatable bonds is 6. The minimum absolute atomic E-state index is 0.00468. The van der Waals surface area contributed by atoms with Crippen LogP contribution in [0.5, 0.6) is 0 Å². The SMILES string of the molecule is CC(C)(O)[C@H](NC(=O)c1ccc(C#CC#CC2CN(C(=O)C(N)CO)C2)cc1)C(=O)NO. The van der Waals surface area contributed by atoms with Gasteiger partial charge in [0.1, 0.15) is 12.1 Å². The van der Waals surface area contributed by atoms with Crippen molar-refractivity contribution in [1.29, 1.82) is 0 Å². The van der Waals surface area contributed by atoms with Crippen molar-refractivity contribution in [2.75, 3.05) is 19.7 Å². The van der Waals surface area contributed by atoms with Crippen LogP contribution in [0, 0.1) is 29.6 Å². The number of nitrogens with two attached hydrogens (primary N) is 1. The molecule has 0 bridgehead atoms. The first-order valence-corrected chi connectivity index (χ1v) is 9.80. The van der Waals surface area contributed by atoms with Gasteiger partial charge < -0.3 is 26.2 Å². The van der Waals surface area contributed by atoms with E-state index >= 15 is 0 Å². The van der Waals surface area contributed by atoms with Gasteiger partial charge in [0.25, 0.3) is 11.8 Å². The highest BCUT2D eigenvalue weighted by Gasteiger charge is 2.35. The number of nitrogens with zero attached hydrogens (tertiary/aromatic N) is 1. The van der Waals surface area contributed by atoms with Crippen molar-refractivity contribution in [1.82, 2.24) is 15.7 Å². The van der Waals surface area contributed by atoms with Crippen LogP contribution >= 0.6 is 0 Å². The Labute approximate surface area is 185 Å². The Hall–Kier alpha value is -3.41. The van der Waals surface area contributed by atoms with Crippen LogP contribution in [0.2, 0.25) is 0 Å². The molecular formula is C22H26N4O6. The number of hydrogen-bond donors (Lipinski definition) is 6. The standard InChI is InChI=1S/C22H26N4O6/c1-22(2,31)18(20(29)25-32)24-19(28)16-9-7-14(8-10-16)5-3-4-6-15-11-26(12-15)21(30)17(23)13-27/h7-10,15,17-18,27,31-32H,11-13,23H2,1-2H3,(H,24,28)(H,25,29)/t17?,18-/m1/s1. The van der Waals surface area contributed by atoms with Crippen molar-refractivity contribution >= 4 is 17.7 Å². The zero-order valence-corrected chi connectivity index (χ0v) is 17.8. The molecule has 1 heterocycles. The van der Waals surface area contributed by atoms with E-state index in [1.807, 2.05) is 0 Å². The summed E-state index contributed by atoms with van der Waals surface area (Å²) < 4.78 is 0. The van der Waals surface area contributed by atoms with E-state index in [-0.39, 0.29) is 17.4 Å². The molecule has 1 aromatic rings. The lowest BCUT2D eigenvalue weighted by Crippen LogP contribution is -2.57. The zero-order valence-electron chi connectivity index (χ0n) is 17.8. The lowest BCUT2D eigenvalue weighted by molar-refractivity contribution is -0.138. The Morgan fingerprint density at radius 2 is 1.84 bits per heavy atom. The fourth-order valence-electron chi connectivity index (χ4n) is 2.85. The molecule has 7 N–H and O–H groups in total. The van der Waals surface area contributed by atoms with Crippen LogP contribution in [-0.2, 0) is 9.59 Å². The summed E-state index contributed by atoms with van der Waals surface area (Å²) in [6, 6.07) is 3.97. The number of likely N-dealkylation sites (tertiary alicyclic amines) is 1. The maximum absolute atomic E-state index is 12.4. The van der Waals surface area contributed by atoms with Gasteiger partial charge in [-0.25, -0.2) is 5.48 Å². The Morgan fingerprint density at radius 3 is 2.38 bits per heavy atom. The van der Waals surface area contributed by atoms with Crippen molar-refractivity contribution in [2.24, 2.45) is 11.7 Å². The molecule has 170 valence electrons. The third-order valence-corrected chi connectivity index (χ3v) is 4.75. The lowest BCUT2D eigenvalue weighted by atomic mass is 9.97. The monoisotopic (exact) mass is 442 g/mol. The minimum atomic E-state index is -1.60. The number of hydroxylamine groups is 1. The Bertz CT molecular complexity index is 972. The van der Waals surface area contributed by atoms with E-state index in [0.29, 0.717) is 18.7 Å². The van der Waals surface area contributed by atoms with Gasteiger partial charge in [-0.15, -0.1) is 0 Å². The van der Waals surface area contributed by atoms with Gasteiger partial charge in [0, 0.05) is 24.2 Å². The van der Waals surface area contributed by atoms with Crippen molar-refractivity contribution in [3.05, 3.63) is 35.4 Å². The summed E-state index contributed by atoms with van der Waals surface area (Å²) in [5, 5.41) is 30.1. The molecule has 1 fully saturated rings. The first kappa shape index (κ1) is 24.9. The molecule has 2 rings (SSSR count). The lowest BCUT2D eigenvalue weighted by Gasteiger charge is -2.37. The highest BCUT2D eigenvalue weighted by Crippen LogP contribution is 2.15. The highest BCUT2D eigenvalue weighted by molar-refractivity contribution is 5.97. The predicted molar refractivity (Wildman–Crippen MR) is 114 cm³/mol. The average Bonchev–Trinajstić information content (AvgIpc) is 2.73. The maximum atomic E-state index is 12.4. The van der Waals surface area contributed by atoms with Crippen molar-refractivity contribution in [3.8, 4) is 23.7 Å². The summed E-state index contributed by atoms with van der Waals surface area (Å²) in [7, 11) is 0. The van der Waals surface area contributed by atoms with Gasteiger partial charge in [0.2, 0.25) is 5.91 Å². The van der Waals surface area contributed by atoms with E-state index in [4.69, 9.17) is 16.0 Å². The molecule has 32 heavy (non-hydrogen) atoms. The molecule has 2 atom stereocenters. The summed E-state index contributed by atoms with van der Waals surface area (Å²) in [6.45, 7) is 3.16. The number of nitrogens with one attached hydrogen (secondary N) is 2. The van der Waals surface area contributed by atoms with Gasteiger partial charge >= 0.3 is 0 Å². The van der Waals surface area contributed by atoms with Gasteiger partial charge in [0.15, 0.2) is 0 Å². The third-order valence-electron chi connectivity index (χ3n) is 4.75. The fourth-order valence-corrected chi connectivity index (χ4v) is 2.85. The molecule has 0 radical (unpaired) electrons. The smallest absolute Gasteiger partial charge is 0.268 e. The van der Waals surface area contributed by atoms with Crippen molar-refractivity contribution < 1.29 is 29.8 Å². The van der Waals surface area contributed by atoms with Gasteiger partial charge in [-0.1, -0.05) is 11.8 Å². The van der Waals surface area contributed by atoms with E-state index in [0.717, 1.165) is 0 Å². The van der Waals surface area contributed by atoms with Crippen molar-refractivity contribution in [3.63, 3.8) is 0 Å². The third kappa shape index (κ3) is 6.54. The average molecular weight is 442 g/mol. The summed E-state index contributed by atoms with van der Waals surface area (Å²) in [4.78, 5) is 37.3. The second-order valence-corrected chi connectivity index (χ2v) is 7.86. The van der Waals surface area contributed by atoms with Gasteiger partial charge in [-0.3, -0.25) is 19.6 Å². The molecule has 1 aliphatic rings. The van der Waals surface area contributed by atoms with E-state index in [2.05, 4.69) is 29.0 Å². The Balaban J connectivity index is 1.92. The number of aliphatic hydroxyl groups excluding tert-OH is 1. The highest BCUT2D eigenvalue weighted by atomic mass is 16.5. The summed E-state index contributed by atoms with van der Waals surface area (Å²) in [5.41, 5.74) is 6.16. The van der Waals surface area contributed by atoms with E-state index in [1.165, 1.54) is 36.4 Å². The molecule has 1 aliphatic heterocycles. The fraction of sp³-hybridized carbons (Fsp3) is 0.409. The number of carbonyl (C=O) groups is 3. The molecular weight excluding hydrogens is 416 g/mol. The molecule has 0 aliphatic carbocycles. The molecule has 1 saturated heterocycles. The molecule has 0 spiro atoms. The van der Waals surface area contributed by atoms with Crippen LogP contribution in [0.3, 0.4) is 0 Å². The summed E-state index contributed by atoms with van der Waals surface area (Å²) in [5.74, 6) is 9.39. The number of aliphatic hydroxyl groups is 2. The topological polar surface area (TPSA) is 165 Å². The first-order chi connectivity index (χ1) is 15.1. The second kappa shape index (κ2) is 10.8. The molecule has 1 aromatic carbocycles. The number of carbonyl (C=O) groups excluding carboxylic acids is 3. The van der Waals surface area contributed by atoms with Crippen LogP contribution in [0.4, 0.5) is 0 Å². The second-order valence-electron chi connectivity index (χ2n) is 7.86. The summed E-state index contributed by atoms with van der Waals surface area (Å²) in [6.07, 6.45) is 0. The van der Waals surface area contributed by atoms with Gasteiger partial charge in [-0.2, -0.15) is 0 Å². The normalized spacial score (nSPS) is 15.1. The van der Waals surface area contributed by atoms with E-state index in [9.17, 15) is 19.5 Å². The first-order valence-electron chi connectivity index (χ1n) is 9.80. The number of amides is 3. The Kier molecular flexibility index (Phi) is 8.35. The van der Waals surface area contributed by atoms with E-state index < -0.39 is 36.1 Å². The minimum Gasteiger partial charge on any atom is -0.394 e. The van der Waals surface area contributed by atoms with Crippen LogP contribution in [0.1, 0.15) is 29.8 Å². The van der Waals surface area contributed by atoms with Crippen LogP contribution < -0.4 is 16.5 Å². The molecule has 0 saturated carbocycles. The quantitative estimate of drug-likeness (QED) is 0.172. The zero-order chi connectivity index (χ0) is 23.9. The van der Waals surface area contributed by atoms with Crippen LogP contribution in [-0.4, -0.2) is 75.4 Å².